The van der Waals surface area contributed by atoms with Crippen LogP contribution in [-0.2, 0) is 9.53 Å². The van der Waals surface area contributed by atoms with E-state index in [1.807, 2.05) is 0 Å². The summed E-state index contributed by atoms with van der Waals surface area (Å²) in [7, 11) is 0. The Labute approximate surface area is 60.3 Å². The van der Waals surface area contributed by atoms with Crippen molar-refractivity contribution in [3.8, 4) is 0 Å². The van der Waals surface area contributed by atoms with Gasteiger partial charge in [-0.2, -0.15) is 0 Å². The number of hydrogen-bond acceptors (Lipinski definition) is 3. The summed E-state index contributed by atoms with van der Waals surface area (Å²) in [4.78, 5) is 10.0. The molecule has 0 bridgehead atoms. The molecule has 58 valence electrons. The molecule has 1 atom stereocenters. The van der Waals surface area contributed by atoms with Gasteiger partial charge in [-0.1, -0.05) is 12.2 Å². The van der Waals surface area contributed by atoms with Crippen molar-refractivity contribution in [2.75, 3.05) is 6.61 Å². The van der Waals surface area contributed by atoms with E-state index in [0.29, 0.717) is 0 Å². The first-order valence-electron chi connectivity index (χ1n) is 3.01. The minimum atomic E-state index is -1.19. The maximum atomic E-state index is 10.0. The van der Waals surface area contributed by atoms with Gasteiger partial charge >= 0.3 is 0 Å². The molecule has 0 heterocycles. The lowest BCUT2D eigenvalue weighted by molar-refractivity contribution is -0.315. The predicted molar refractivity (Wildman–Crippen MR) is 35.2 cm³/mol. The molecule has 0 saturated heterocycles. The van der Waals surface area contributed by atoms with Gasteiger partial charge in [-0.25, -0.2) is 0 Å². The summed E-state index contributed by atoms with van der Waals surface area (Å²) in [5.74, 6) is -1.19. The first-order chi connectivity index (χ1) is 4.54. The molecule has 0 radical (unpaired) electrons. The van der Waals surface area contributed by atoms with Gasteiger partial charge in [-0.15, -0.1) is 0 Å². The zero-order chi connectivity index (χ0) is 8.15. The number of carboxylic acid groups (broad SMARTS) is 1. The smallest absolute Gasteiger partial charge is 0.0944 e. The SMILES string of the molecule is C=C(C)COC(C)C(=O)[O-]. The van der Waals surface area contributed by atoms with Crippen LogP contribution in [0.5, 0.6) is 0 Å². The largest absolute Gasteiger partial charge is 0.547 e. The van der Waals surface area contributed by atoms with Crippen molar-refractivity contribution in [3.05, 3.63) is 12.2 Å². The Morgan fingerprint density at radius 2 is 2.30 bits per heavy atom. The molecule has 0 aliphatic carbocycles. The molecule has 3 heteroatoms. The molecule has 0 rings (SSSR count). The third kappa shape index (κ3) is 4.09. The maximum Gasteiger partial charge on any atom is 0.0944 e. The highest BCUT2D eigenvalue weighted by Crippen LogP contribution is 1.93. The van der Waals surface area contributed by atoms with Gasteiger partial charge in [-0.3, -0.25) is 0 Å². The fraction of sp³-hybridized carbons (Fsp3) is 0.571. The van der Waals surface area contributed by atoms with Crippen LogP contribution < -0.4 is 5.11 Å². The molecule has 1 unspecified atom stereocenters. The zero-order valence-electron chi connectivity index (χ0n) is 6.22. The van der Waals surface area contributed by atoms with E-state index in [2.05, 4.69) is 6.58 Å². The molecule has 0 aromatic rings. The first-order valence-corrected chi connectivity index (χ1v) is 3.01. The van der Waals surface area contributed by atoms with Gasteiger partial charge in [0.2, 0.25) is 0 Å². The van der Waals surface area contributed by atoms with Crippen LogP contribution in [0.3, 0.4) is 0 Å². The summed E-state index contributed by atoms with van der Waals surface area (Å²) in [5.41, 5.74) is 0.799. The molecule has 0 aromatic carbocycles. The number of carboxylic acids is 1. The minimum Gasteiger partial charge on any atom is -0.547 e. The highest BCUT2D eigenvalue weighted by molar-refractivity contribution is 5.69. The Kier molecular flexibility index (Phi) is 3.72. The lowest BCUT2D eigenvalue weighted by Crippen LogP contribution is -2.35. The molecule has 0 amide bonds. The number of rotatable bonds is 4. The Morgan fingerprint density at radius 1 is 1.80 bits per heavy atom. The molecule has 0 aliphatic rings. The molecule has 10 heavy (non-hydrogen) atoms. The van der Waals surface area contributed by atoms with E-state index in [-0.39, 0.29) is 6.61 Å². The van der Waals surface area contributed by atoms with E-state index in [1.54, 1.807) is 6.92 Å². The van der Waals surface area contributed by atoms with Crippen molar-refractivity contribution in [2.45, 2.75) is 20.0 Å². The second kappa shape index (κ2) is 4.06. The average Bonchev–Trinajstić information content (AvgIpc) is 1.82. The number of carbonyl (C=O) groups excluding carboxylic acids is 1. The lowest BCUT2D eigenvalue weighted by atomic mass is 10.3. The van der Waals surface area contributed by atoms with Crippen LogP contribution in [0.2, 0.25) is 0 Å². The van der Waals surface area contributed by atoms with Gasteiger partial charge in [0.05, 0.1) is 18.7 Å². The van der Waals surface area contributed by atoms with Crippen LogP contribution in [0, 0.1) is 0 Å². The fourth-order valence-electron chi connectivity index (χ4n) is 0.335. The Bertz CT molecular complexity index is 140. The fourth-order valence-corrected chi connectivity index (χ4v) is 0.335. The van der Waals surface area contributed by atoms with Crippen molar-refractivity contribution in [2.24, 2.45) is 0 Å². The van der Waals surface area contributed by atoms with Crippen LogP contribution >= 0.6 is 0 Å². The minimum absolute atomic E-state index is 0.273. The Morgan fingerprint density at radius 3 is 2.60 bits per heavy atom. The predicted octanol–water partition coefficient (Wildman–Crippen LogP) is -0.282. The van der Waals surface area contributed by atoms with Crippen molar-refractivity contribution < 1.29 is 14.6 Å². The van der Waals surface area contributed by atoms with Crippen molar-refractivity contribution in [1.82, 2.24) is 0 Å². The normalized spacial score (nSPS) is 12.6. The van der Waals surface area contributed by atoms with E-state index in [0.717, 1.165) is 5.57 Å². The molecule has 0 aliphatic heterocycles. The van der Waals surface area contributed by atoms with Crippen LogP contribution in [-0.4, -0.2) is 18.7 Å². The number of hydrogen-bond donors (Lipinski definition) is 0. The third-order valence-corrected chi connectivity index (χ3v) is 0.912. The monoisotopic (exact) mass is 143 g/mol. The number of ether oxygens (including phenoxy) is 1. The van der Waals surface area contributed by atoms with E-state index >= 15 is 0 Å². The molecule has 0 saturated carbocycles. The van der Waals surface area contributed by atoms with E-state index in [9.17, 15) is 9.90 Å². The summed E-state index contributed by atoms with van der Waals surface area (Å²) in [5, 5.41) is 10.0. The summed E-state index contributed by atoms with van der Waals surface area (Å²) >= 11 is 0. The van der Waals surface area contributed by atoms with Gasteiger partial charge < -0.3 is 14.6 Å². The number of carbonyl (C=O) groups is 1. The van der Waals surface area contributed by atoms with Gasteiger partial charge in [0, 0.05) is 0 Å². The third-order valence-electron chi connectivity index (χ3n) is 0.912. The molecule has 0 spiro atoms. The van der Waals surface area contributed by atoms with Crippen molar-refractivity contribution in [1.29, 1.82) is 0 Å². The van der Waals surface area contributed by atoms with Gasteiger partial charge in [-0.05, 0) is 13.8 Å². The Balaban J connectivity index is 3.49. The van der Waals surface area contributed by atoms with Gasteiger partial charge in [0.15, 0.2) is 0 Å². The van der Waals surface area contributed by atoms with Crippen LogP contribution in [0.1, 0.15) is 13.8 Å². The van der Waals surface area contributed by atoms with Crippen molar-refractivity contribution >= 4 is 5.97 Å². The van der Waals surface area contributed by atoms with E-state index < -0.39 is 12.1 Å². The lowest BCUT2D eigenvalue weighted by Gasteiger charge is -2.12. The van der Waals surface area contributed by atoms with Crippen molar-refractivity contribution in [3.63, 3.8) is 0 Å². The second-order valence-corrected chi connectivity index (χ2v) is 2.23. The van der Waals surface area contributed by atoms with E-state index in [1.165, 1.54) is 6.92 Å². The van der Waals surface area contributed by atoms with Crippen LogP contribution in [0.4, 0.5) is 0 Å². The quantitative estimate of drug-likeness (QED) is 0.508. The molecular weight excluding hydrogens is 132 g/mol. The standard InChI is InChI=1S/C7H12O3/c1-5(2)4-10-6(3)7(8)9/h6H,1,4H2,2-3H3,(H,8,9)/p-1. The summed E-state index contributed by atoms with van der Waals surface area (Å²) in [6.07, 6.45) is -0.850. The van der Waals surface area contributed by atoms with Crippen LogP contribution in [0.25, 0.3) is 0 Å². The van der Waals surface area contributed by atoms with Crippen LogP contribution in [0.15, 0.2) is 12.2 Å². The molecule has 3 nitrogen and oxygen atoms in total. The molecule has 0 aromatic heterocycles. The zero-order valence-corrected chi connectivity index (χ0v) is 6.22. The van der Waals surface area contributed by atoms with Gasteiger partial charge in [0.1, 0.15) is 0 Å². The Hall–Kier alpha value is -0.830. The topological polar surface area (TPSA) is 49.4 Å². The highest BCUT2D eigenvalue weighted by atomic mass is 16.5. The van der Waals surface area contributed by atoms with E-state index in [4.69, 9.17) is 4.74 Å². The number of aliphatic carboxylic acids is 1. The maximum absolute atomic E-state index is 10.0. The second-order valence-electron chi connectivity index (χ2n) is 2.23. The first kappa shape index (κ1) is 9.17. The summed E-state index contributed by atoms with van der Waals surface area (Å²) in [6.45, 7) is 7.02. The van der Waals surface area contributed by atoms with Gasteiger partial charge in [0.25, 0.3) is 0 Å². The molecule has 0 N–H and O–H groups in total. The molecule has 0 fully saturated rings. The highest BCUT2D eigenvalue weighted by Gasteiger charge is 2.00. The average molecular weight is 143 g/mol. The summed E-state index contributed by atoms with van der Waals surface area (Å²) < 4.78 is 4.80. The molecular formula is C7H11O3-. The summed E-state index contributed by atoms with van der Waals surface area (Å²) in [6, 6.07) is 0.